The van der Waals surface area contributed by atoms with Crippen molar-refractivity contribution in [1.82, 2.24) is 9.88 Å². The largest absolute Gasteiger partial charge is 0.457 e. The number of aliphatic hydroxyl groups is 1. The summed E-state index contributed by atoms with van der Waals surface area (Å²) < 4.78 is 7.07. The molecule has 0 aliphatic heterocycles. The number of thiazole rings is 1. The molecule has 0 fully saturated rings. The van der Waals surface area contributed by atoms with Gasteiger partial charge in [-0.15, -0.1) is 11.3 Å². The highest BCUT2D eigenvalue weighted by atomic mass is 32.1. The molecule has 1 N–H and O–H groups in total. The summed E-state index contributed by atoms with van der Waals surface area (Å²) in [6.07, 6.45) is 0. The van der Waals surface area contributed by atoms with Crippen LogP contribution in [-0.4, -0.2) is 34.7 Å². The number of hydrogen-bond donors (Lipinski definition) is 1. The molecule has 2 heterocycles. The average molecular weight is 302 g/mol. The standard InChI is InChI=1S/C16H18N2O2S/c1-2-18(9-10-19)11-12-7-8-14(20-12)16-17-13-5-3-4-6-15(13)21-16/h3-8,19H,2,9-11H2,1H3. The maximum atomic E-state index is 9.03. The summed E-state index contributed by atoms with van der Waals surface area (Å²) in [5.41, 5.74) is 1.01. The number of fused-ring (bicyclic) bond motifs is 1. The summed E-state index contributed by atoms with van der Waals surface area (Å²) in [4.78, 5) is 6.74. The van der Waals surface area contributed by atoms with Crippen molar-refractivity contribution in [3.63, 3.8) is 0 Å². The highest BCUT2D eigenvalue weighted by Gasteiger charge is 2.12. The zero-order chi connectivity index (χ0) is 14.7. The molecule has 3 rings (SSSR count). The minimum Gasteiger partial charge on any atom is -0.457 e. The summed E-state index contributed by atoms with van der Waals surface area (Å²) in [7, 11) is 0. The Morgan fingerprint density at radius 3 is 2.86 bits per heavy atom. The number of para-hydroxylation sites is 1. The van der Waals surface area contributed by atoms with Crippen molar-refractivity contribution in [2.24, 2.45) is 0 Å². The third-order valence-corrected chi connectivity index (χ3v) is 4.46. The number of rotatable bonds is 6. The van der Waals surface area contributed by atoms with Crippen LogP contribution in [0, 0.1) is 0 Å². The van der Waals surface area contributed by atoms with Gasteiger partial charge in [0, 0.05) is 6.54 Å². The van der Waals surface area contributed by atoms with Gasteiger partial charge in [-0.3, -0.25) is 4.90 Å². The molecule has 4 nitrogen and oxygen atoms in total. The summed E-state index contributed by atoms with van der Waals surface area (Å²) in [5, 5.41) is 9.94. The van der Waals surface area contributed by atoms with Crippen LogP contribution in [-0.2, 0) is 6.54 Å². The fraction of sp³-hybridized carbons (Fsp3) is 0.312. The molecule has 0 saturated heterocycles. The highest BCUT2D eigenvalue weighted by Crippen LogP contribution is 2.31. The Morgan fingerprint density at radius 2 is 2.10 bits per heavy atom. The van der Waals surface area contributed by atoms with Crippen molar-refractivity contribution in [3.05, 3.63) is 42.2 Å². The maximum Gasteiger partial charge on any atom is 0.163 e. The van der Waals surface area contributed by atoms with Crippen LogP contribution in [0.2, 0.25) is 0 Å². The van der Waals surface area contributed by atoms with Gasteiger partial charge in [-0.1, -0.05) is 19.1 Å². The van der Waals surface area contributed by atoms with Gasteiger partial charge in [0.15, 0.2) is 10.8 Å². The molecule has 5 heteroatoms. The highest BCUT2D eigenvalue weighted by molar-refractivity contribution is 7.21. The average Bonchev–Trinajstić information content (AvgIpc) is 3.12. The van der Waals surface area contributed by atoms with E-state index in [0.717, 1.165) is 28.6 Å². The van der Waals surface area contributed by atoms with E-state index in [9.17, 15) is 0 Å². The molecule has 2 aromatic heterocycles. The van der Waals surface area contributed by atoms with Crippen LogP contribution in [0.3, 0.4) is 0 Å². The van der Waals surface area contributed by atoms with Gasteiger partial charge < -0.3 is 9.52 Å². The van der Waals surface area contributed by atoms with Gasteiger partial charge in [-0.25, -0.2) is 4.98 Å². The van der Waals surface area contributed by atoms with Gasteiger partial charge in [0.2, 0.25) is 0 Å². The Balaban J connectivity index is 1.80. The quantitative estimate of drug-likeness (QED) is 0.758. The third kappa shape index (κ3) is 3.15. The number of aromatic nitrogens is 1. The first-order valence-electron chi connectivity index (χ1n) is 7.08. The molecule has 110 valence electrons. The molecule has 3 aromatic rings. The van der Waals surface area contributed by atoms with Crippen LogP contribution in [0.4, 0.5) is 0 Å². The molecule has 0 spiro atoms. The molecular formula is C16H18N2O2S. The molecule has 0 atom stereocenters. The molecule has 0 saturated carbocycles. The second kappa shape index (κ2) is 6.39. The first-order valence-corrected chi connectivity index (χ1v) is 7.89. The Kier molecular flexibility index (Phi) is 4.34. The monoisotopic (exact) mass is 302 g/mol. The van der Waals surface area contributed by atoms with Gasteiger partial charge in [0.1, 0.15) is 5.76 Å². The van der Waals surface area contributed by atoms with E-state index in [1.165, 1.54) is 4.70 Å². The molecule has 0 aliphatic carbocycles. The molecule has 0 unspecified atom stereocenters. The lowest BCUT2D eigenvalue weighted by molar-refractivity contribution is 0.188. The van der Waals surface area contributed by atoms with Crippen LogP contribution >= 0.6 is 11.3 Å². The van der Waals surface area contributed by atoms with Crippen LogP contribution in [0.25, 0.3) is 21.0 Å². The lowest BCUT2D eigenvalue weighted by Crippen LogP contribution is -2.25. The minimum absolute atomic E-state index is 0.166. The van der Waals surface area contributed by atoms with E-state index in [-0.39, 0.29) is 6.61 Å². The fourth-order valence-electron chi connectivity index (χ4n) is 2.27. The van der Waals surface area contributed by atoms with Gasteiger partial charge in [-0.2, -0.15) is 0 Å². The number of benzene rings is 1. The molecule has 0 aliphatic rings. The predicted octanol–water partition coefficient (Wildman–Crippen LogP) is 3.37. The predicted molar refractivity (Wildman–Crippen MR) is 85.4 cm³/mol. The molecule has 0 amide bonds. The van der Waals surface area contributed by atoms with Crippen LogP contribution in [0.5, 0.6) is 0 Å². The van der Waals surface area contributed by atoms with Gasteiger partial charge in [0.05, 0.1) is 23.4 Å². The van der Waals surface area contributed by atoms with E-state index < -0.39 is 0 Å². The van der Waals surface area contributed by atoms with Crippen molar-refractivity contribution < 1.29 is 9.52 Å². The fourth-order valence-corrected chi connectivity index (χ4v) is 3.19. The number of hydrogen-bond acceptors (Lipinski definition) is 5. The Labute approximate surface area is 127 Å². The van der Waals surface area contributed by atoms with Crippen LogP contribution in [0.1, 0.15) is 12.7 Å². The summed E-state index contributed by atoms with van der Waals surface area (Å²) in [6, 6.07) is 12.1. The molecule has 0 bridgehead atoms. The van der Waals surface area contributed by atoms with Crippen molar-refractivity contribution >= 4 is 21.6 Å². The Bertz CT molecular complexity index is 687. The van der Waals surface area contributed by atoms with E-state index in [1.54, 1.807) is 11.3 Å². The van der Waals surface area contributed by atoms with Crippen molar-refractivity contribution in [2.75, 3.05) is 19.7 Å². The maximum absolute atomic E-state index is 9.03. The zero-order valence-corrected chi connectivity index (χ0v) is 12.8. The SMILES string of the molecule is CCN(CCO)Cc1ccc(-c2nc3ccccc3s2)o1. The van der Waals surface area contributed by atoms with E-state index >= 15 is 0 Å². The minimum atomic E-state index is 0.166. The van der Waals surface area contributed by atoms with E-state index in [4.69, 9.17) is 9.52 Å². The summed E-state index contributed by atoms with van der Waals surface area (Å²) >= 11 is 1.64. The van der Waals surface area contributed by atoms with E-state index in [0.29, 0.717) is 13.1 Å². The Morgan fingerprint density at radius 1 is 1.24 bits per heavy atom. The van der Waals surface area contributed by atoms with Crippen molar-refractivity contribution in [1.29, 1.82) is 0 Å². The van der Waals surface area contributed by atoms with Crippen LogP contribution in [0.15, 0.2) is 40.8 Å². The lowest BCUT2D eigenvalue weighted by Gasteiger charge is -2.17. The number of furan rings is 1. The number of aliphatic hydroxyl groups excluding tert-OH is 1. The number of likely N-dealkylation sites (N-methyl/N-ethyl adjacent to an activating group) is 1. The normalized spacial score (nSPS) is 11.6. The zero-order valence-electron chi connectivity index (χ0n) is 12.0. The van der Waals surface area contributed by atoms with E-state index in [2.05, 4.69) is 22.9 Å². The summed E-state index contributed by atoms with van der Waals surface area (Å²) in [6.45, 7) is 4.50. The van der Waals surface area contributed by atoms with Crippen molar-refractivity contribution in [2.45, 2.75) is 13.5 Å². The summed E-state index contributed by atoms with van der Waals surface area (Å²) in [5.74, 6) is 1.71. The van der Waals surface area contributed by atoms with Crippen molar-refractivity contribution in [3.8, 4) is 10.8 Å². The smallest absolute Gasteiger partial charge is 0.163 e. The van der Waals surface area contributed by atoms with Crippen LogP contribution < -0.4 is 0 Å². The molecular weight excluding hydrogens is 284 g/mol. The molecule has 1 aromatic carbocycles. The van der Waals surface area contributed by atoms with Gasteiger partial charge in [0.25, 0.3) is 0 Å². The lowest BCUT2D eigenvalue weighted by atomic mass is 10.3. The number of nitrogens with zero attached hydrogens (tertiary/aromatic N) is 2. The van der Waals surface area contributed by atoms with Gasteiger partial charge >= 0.3 is 0 Å². The third-order valence-electron chi connectivity index (χ3n) is 3.41. The van der Waals surface area contributed by atoms with Gasteiger partial charge in [-0.05, 0) is 30.8 Å². The second-order valence-corrected chi connectivity index (χ2v) is 5.88. The molecule has 0 radical (unpaired) electrons. The first-order chi connectivity index (χ1) is 10.3. The van der Waals surface area contributed by atoms with E-state index in [1.807, 2.05) is 30.3 Å². The molecule has 21 heavy (non-hydrogen) atoms. The first kappa shape index (κ1) is 14.3. The second-order valence-electron chi connectivity index (χ2n) is 4.85. The Hall–Kier alpha value is -1.69. The topological polar surface area (TPSA) is 49.5 Å².